The van der Waals surface area contributed by atoms with Crippen LogP contribution in [0, 0.1) is 5.92 Å². The second kappa shape index (κ2) is 10.8. The number of nitrogens with zero attached hydrogens (tertiary/aromatic N) is 1. The van der Waals surface area contributed by atoms with Gasteiger partial charge in [0.25, 0.3) is 0 Å². The highest BCUT2D eigenvalue weighted by Crippen LogP contribution is 2.42. The quantitative estimate of drug-likeness (QED) is 0.419. The van der Waals surface area contributed by atoms with Crippen LogP contribution in [0.3, 0.4) is 0 Å². The lowest BCUT2D eigenvalue weighted by atomic mass is 9.77. The average Bonchev–Trinajstić information content (AvgIpc) is 2.81. The van der Waals surface area contributed by atoms with E-state index in [9.17, 15) is 31.1 Å². The van der Waals surface area contributed by atoms with Crippen molar-refractivity contribution in [2.45, 2.75) is 56.6 Å². The Kier molecular flexibility index (Phi) is 8.40. The van der Waals surface area contributed by atoms with Crippen LogP contribution in [-0.4, -0.2) is 31.0 Å². The van der Waals surface area contributed by atoms with Crippen molar-refractivity contribution < 1.29 is 35.9 Å². The predicted octanol–water partition coefficient (Wildman–Crippen LogP) is 6.30. The zero-order valence-electron chi connectivity index (χ0n) is 20.1. The molecule has 0 bridgehead atoms. The molecule has 0 radical (unpaired) electrons. The van der Waals surface area contributed by atoms with Gasteiger partial charge in [-0.3, -0.25) is 9.69 Å². The largest absolute Gasteiger partial charge is 0.416 e. The predicted molar refractivity (Wildman–Crippen MR) is 123 cm³/mol. The number of hydrogen-bond donors (Lipinski definition) is 1. The van der Waals surface area contributed by atoms with Gasteiger partial charge in [-0.1, -0.05) is 30.3 Å². The summed E-state index contributed by atoms with van der Waals surface area (Å²) in [5.74, 6) is -0.136. The van der Waals surface area contributed by atoms with E-state index < -0.39 is 35.1 Å². The third-order valence-corrected chi connectivity index (χ3v) is 6.99. The van der Waals surface area contributed by atoms with Crippen molar-refractivity contribution in [3.05, 3.63) is 70.8 Å². The Morgan fingerprint density at radius 1 is 1.08 bits per heavy atom. The minimum atomic E-state index is -4.93. The first-order valence-corrected chi connectivity index (χ1v) is 11.7. The van der Waals surface area contributed by atoms with Crippen LogP contribution in [0.1, 0.15) is 61.0 Å². The Hall–Kier alpha value is -2.59. The number of rotatable bonds is 8. The van der Waals surface area contributed by atoms with E-state index in [1.165, 1.54) is 6.92 Å². The molecule has 1 saturated heterocycles. The summed E-state index contributed by atoms with van der Waals surface area (Å²) in [6.45, 7) is 2.16. The first kappa shape index (κ1) is 28.0. The Morgan fingerprint density at radius 2 is 1.67 bits per heavy atom. The summed E-state index contributed by atoms with van der Waals surface area (Å²) in [6, 6.07) is 11.0. The number of carbonyl (C=O) groups excluding carboxylic acids is 1. The molecule has 2 aromatic carbocycles. The van der Waals surface area contributed by atoms with Crippen LogP contribution >= 0.6 is 0 Å². The number of alkyl halides is 6. The number of piperidine rings is 1. The van der Waals surface area contributed by atoms with Crippen molar-refractivity contribution in [2.75, 3.05) is 20.2 Å². The summed E-state index contributed by atoms with van der Waals surface area (Å²) < 4.78 is 85.9. The SMILES string of the molecule is C[C@@H](OC[C@@]1(c2ccccc2)CC[C@H](CCC(N)=O)CN1C)c1cc(C(F)(F)F)cc(C(F)(F)F)c1. The van der Waals surface area contributed by atoms with E-state index in [1.807, 2.05) is 37.4 Å². The van der Waals surface area contributed by atoms with Gasteiger partial charge >= 0.3 is 12.4 Å². The Morgan fingerprint density at radius 3 is 2.17 bits per heavy atom. The van der Waals surface area contributed by atoms with Gasteiger partial charge in [0.15, 0.2) is 0 Å². The lowest BCUT2D eigenvalue weighted by Crippen LogP contribution is -2.53. The third kappa shape index (κ3) is 6.59. The topological polar surface area (TPSA) is 55.6 Å². The maximum absolute atomic E-state index is 13.3. The fourth-order valence-corrected chi connectivity index (χ4v) is 4.82. The van der Waals surface area contributed by atoms with Gasteiger partial charge in [0.1, 0.15) is 0 Å². The summed E-state index contributed by atoms with van der Waals surface area (Å²) in [5, 5.41) is 0. The van der Waals surface area contributed by atoms with Crippen LogP contribution in [0.15, 0.2) is 48.5 Å². The van der Waals surface area contributed by atoms with Gasteiger partial charge in [-0.25, -0.2) is 0 Å². The fourth-order valence-electron chi connectivity index (χ4n) is 4.82. The molecule has 0 spiro atoms. The van der Waals surface area contributed by atoms with Crippen LogP contribution in [0.2, 0.25) is 0 Å². The van der Waals surface area contributed by atoms with Crippen LogP contribution in [0.5, 0.6) is 0 Å². The molecule has 1 fully saturated rings. The zero-order chi connectivity index (χ0) is 26.7. The lowest BCUT2D eigenvalue weighted by molar-refractivity contribution is -0.143. The van der Waals surface area contributed by atoms with Gasteiger partial charge in [0, 0.05) is 13.0 Å². The number of likely N-dealkylation sites (tertiary alicyclic amines) is 1. The Bertz CT molecular complexity index is 1010. The summed E-state index contributed by atoms with van der Waals surface area (Å²) in [4.78, 5) is 13.3. The van der Waals surface area contributed by atoms with E-state index in [2.05, 4.69) is 4.90 Å². The molecule has 2 N–H and O–H groups in total. The van der Waals surface area contributed by atoms with Crippen LogP contribution in [0.25, 0.3) is 0 Å². The first-order valence-electron chi connectivity index (χ1n) is 11.7. The van der Waals surface area contributed by atoms with Gasteiger partial charge in [-0.2, -0.15) is 26.3 Å². The summed E-state index contributed by atoms with van der Waals surface area (Å²) >= 11 is 0. The van der Waals surface area contributed by atoms with Crippen molar-refractivity contribution in [2.24, 2.45) is 11.7 Å². The molecule has 36 heavy (non-hydrogen) atoms. The van der Waals surface area contributed by atoms with E-state index in [-0.39, 0.29) is 36.5 Å². The molecule has 1 aliphatic rings. The lowest BCUT2D eigenvalue weighted by Gasteiger charge is -2.48. The molecule has 0 aromatic heterocycles. The number of halogens is 6. The number of benzene rings is 2. The normalized spacial score (nSPS) is 22.4. The molecule has 198 valence electrons. The molecule has 4 nitrogen and oxygen atoms in total. The highest BCUT2D eigenvalue weighted by atomic mass is 19.4. The number of carbonyl (C=O) groups is 1. The molecule has 1 aliphatic heterocycles. The smallest absolute Gasteiger partial charge is 0.372 e. The number of nitrogens with two attached hydrogens (primary N) is 1. The van der Waals surface area contributed by atoms with E-state index >= 15 is 0 Å². The minimum absolute atomic E-state index is 0.0643. The highest BCUT2D eigenvalue weighted by Gasteiger charge is 2.42. The maximum atomic E-state index is 13.3. The van der Waals surface area contributed by atoms with Gasteiger partial charge in [-0.05, 0) is 68.5 Å². The van der Waals surface area contributed by atoms with E-state index in [0.717, 1.165) is 12.0 Å². The molecule has 3 atom stereocenters. The molecule has 3 rings (SSSR count). The molecule has 1 amide bonds. The average molecular weight is 517 g/mol. The summed E-state index contributed by atoms with van der Waals surface area (Å²) in [7, 11) is 1.91. The number of primary amides is 1. The highest BCUT2D eigenvalue weighted by molar-refractivity contribution is 5.73. The Balaban J connectivity index is 1.86. The number of ether oxygens (including phenoxy) is 1. The molecule has 0 saturated carbocycles. The van der Waals surface area contributed by atoms with Crippen LogP contribution < -0.4 is 5.73 Å². The monoisotopic (exact) mass is 516 g/mol. The molecular formula is C26H30F6N2O2. The van der Waals surface area contributed by atoms with Crippen molar-refractivity contribution in [1.29, 1.82) is 0 Å². The minimum Gasteiger partial charge on any atom is -0.372 e. The van der Waals surface area contributed by atoms with Gasteiger partial charge in [0.05, 0.1) is 29.4 Å². The molecule has 0 unspecified atom stereocenters. The van der Waals surface area contributed by atoms with Crippen molar-refractivity contribution in [1.82, 2.24) is 4.90 Å². The van der Waals surface area contributed by atoms with E-state index in [0.29, 0.717) is 31.5 Å². The molecule has 1 heterocycles. The summed E-state index contributed by atoms with van der Waals surface area (Å²) in [5.41, 5.74) is 2.66. The number of hydrogen-bond acceptors (Lipinski definition) is 3. The van der Waals surface area contributed by atoms with Crippen LogP contribution in [0.4, 0.5) is 26.3 Å². The fraction of sp³-hybridized carbons (Fsp3) is 0.500. The first-order chi connectivity index (χ1) is 16.7. The van der Waals surface area contributed by atoms with Crippen molar-refractivity contribution >= 4 is 5.91 Å². The van der Waals surface area contributed by atoms with Crippen LogP contribution in [-0.2, 0) is 27.4 Å². The van der Waals surface area contributed by atoms with Crippen molar-refractivity contribution in [3.8, 4) is 0 Å². The summed E-state index contributed by atoms with van der Waals surface area (Å²) in [6.07, 6.45) is -8.54. The van der Waals surface area contributed by atoms with E-state index in [1.54, 1.807) is 0 Å². The van der Waals surface area contributed by atoms with Gasteiger partial charge in [0.2, 0.25) is 5.91 Å². The number of amides is 1. The van der Waals surface area contributed by atoms with Gasteiger partial charge in [-0.15, -0.1) is 0 Å². The molecule has 2 aromatic rings. The molecule has 0 aliphatic carbocycles. The standard InChI is InChI=1S/C26H30F6N2O2/c1-17(19-12-21(25(27,28)29)14-22(13-19)26(30,31)32)36-16-24(20-6-4-3-5-7-20)11-10-18(15-34(24)2)8-9-23(33)35/h3-7,12-14,17-18H,8-11,15-16H2,1-2H3,(H2,33,35)/t17-,18+,24-/m1/s1. The zero-order valence-corrected chi connectivity index (χ0v) is 20.1. The second-order valence-corrected chi connectivity index (χ2v) is 9.48. The Labute approximate surface area is 206 Å². The third-order valence-electron chi connectivity index (χ3n) is 6.99. The molecule has 10 heteroatoms. The molecular weight excluding hydrogens is 486 g/mol. The second-order valence-electron chi connectivity index (χ2n) is 9.48. The van der Waals surface area contributed by atoms with Gasteiger partial charge < -0.3 is 10.5 Å². The van der Waals surface area contributed by atoms with Crippen molar-refractivity contribution in [3.63, 3.8) is 0 Å². The maximum Gasteiger partial charge on any atom is 0.416 e. The van der Waals surface area contributed by atoms with E-state index in [4.69, 9.17) is 10.5 Å². The number of likely N-dealkylation sites (N-methyl/N-ethyl adjacent to an activating group) is 1.